The highest BCUT2D eigenvalue weighted by atomic mass is 32.2. The number of carbonyl (C=O) groups excluding carboxylic acids is 6. The van der Waals surface area contributed by atoms with Gasteiger partial charge in [0.25, 0.3) is 50.5 Å². The van der Waals surface area contributed by atoms with Crippen LogP contribution in [0.5, 0.6) is 0 Å². The van der Waals surface area contributed by atoms with E-state index in [4.69, 9.17) is 71.3 Å². The van der Waals surface area contributed by atoms with Gasteiger partial charge in [-0.2, -0.15) is 16.8 Å². The minimum absolute atomic E-state index is 0.000607. The first-order chi connectivity index (χ1) is 68.9. The summed E-state index contributed by atoms with van der Waals surface area (Å²) in [5, 5.41) is 43.0. The van der Waals surface area contributed by atoms with Crippen molar-refractivity contribution in [3.8, 4) is 44.9 Å². The van der Waals surface area contributed by atoms with Gasteiger partial charge in [0.1, 0.15) is 48.3 Å². The van der Waals surface area contributed by atoms with Crippen molar-refractivity contribution in [3.63, 3.8) is 0 Å². The molecule has 62 nitrogen and oxygen atoms in total. The number of phosphoric acid groups is 4. The molecule has 6 aliphatic rings. The van der Waals surface area contributed by atoms with Crippen molar-refractivity contribution in [1.29, 1.82) is 0 Å². The number of ether oxygens (including phenoxy) is 4. The van der Waals surface area contributed by atoms with Gasteiger partial charge in [-0.1, -0.05) is 46.4 Å². The molecule has 2 saturated heterocycles. The molecule has 0 saturated carbocycles. The summed E-state index contributed by atoms with van der Waals surface area (Å²) in [6.07, 6.45) is -13.7. The maximum atomic E-state index is 14.1. The summed E-state index contributed by atoms with van der Waals surface area (Å²) in [7, 11) is -38.0. The molecule has 2 fully saturated rings. The second-order valence-electron chi connectivity index (χ2n) is 32.6. The Hall–Kier alpha value is -13.4. The lowest BCUT2D eigenvalue weighted by Crippen LogP contribution is -2.49. The number of nitrogens with one attached hydrogen (secondary N) is 6. The lowest BCUT2D eigenvalue weighted by atomic mass is 9.90. The van der Waals surface area contributed by atoms with Crippen molar-refractivity contribution in [3.05, 3.63) is 152 Å². The first-order valence-corrected chi connectivity index (χ1v) is 54.1. The van der Waals surface area contributed by atoms with Gasteiger partial charge in [0, 0.05) is 122 Å². The highest BCUT2D eigenvalue weighted by Crippen LogP contribution is 2.58. The number of fused-ring (bicyclic) bond motifs is 6. The van der Waals surface area contributed by atoms with E-state index in [2.05, 4.69) is 58.9 Å². The number of aryl methyl sites for hydroxylation is 2. The van der Waals surface area contributed by atoms with Gasteiger partial charge in [0.15, 0.2) is 53.7 Å². The van der Waals surface area contributed by atoms with E-state index in [1.165, 1.54) is 133 Å². The molecule has 4 aromatic carbocycles. The fraction of sp³-hybridized carbons (Fsp3) is 0.308. The second kappa shape index (κ2) is 43.4. The Balaban J connectivity index is 0.000000247. The van der Waals surface area contributed by atoms with Crippen LogP contribution < -0.4 is 95.8 Å². The molecule has 0 radical (unpaired) electrons. The van der Waals surface area contributed by atoms with Crippen LogP contribution in [0.15, 0.2) is 148 Å². The molecular formula is C78H88N20O42P4S4. The van der Waals surface area contributed by atoms with E-state index in [1.54, 1.807) is 0 Å². The molecule has 70 heteroatoms. The quantitative estimate of drug-likeness (QED) is 0.00433. The summed E-state index contributed by atoms with van der Waals surface area (Å²) in [4.78, 5) is 176. The highest BCUT2D eigenvalue weighted by Gasteiger charge is 2.54. The minimum Gasteiger partial charge on any atom is -0.756 e. The molecule has 8 aromatic rings. The Kier molecular flexibility index (Phi) is 32.8. The van der Waals surface area contributed by atoms with Gasteiger partial charge in [-0.05, 0) is 72.5 Å². The molecule has 0 spiro atoms. The zero-order valence-electron chi connectivity index (χ0n) is 76.4. The lowest BCUT2D eigenvalue weighted by molar-refractivity contribution is -0.746. The third-order valence-corrected chi connectivity index (χ3v) is 30.3. The molecule has 4 aromatic heterocycles. The van der Waals surface area contributed by atoms with Crippen LogP contribution in [0.3, 0.4) is 0 Å². The molecule has 6 amide bonds. The summed E-state index contributed by atoms with van der Waals surface area (Å²) in [5.41, 5.74) is 19.1. The van der Waals surface area contributed by atoms with E-state index in [0.717, 1.165) is 33.4 Å². The van der Waals surface area contributed by atoms with Crippen LogP contribution in [-0.2, 0) is 119 Å². The van der Waals surface area contributed by atoms with Crippen LogP contribution in [-0.4, -0.2) is 260 Å². The number of rotatable bonds is 36. The Bertz CT molecular complexity index is 8270. The smallest absolute Gasteiger partial charge is 0.478 e. The number of imidazole rings is 2. The summed E-state index contributed by atoms with van der Waals surface area (Å²) >= 11 is 0. The number of alkyl carbamates (subject to hydrolysis) is 2. The summed E-state index contributed by atoms with van der Waals surface area (Å²) < 4.78 is 247. The van der Waals surface area contributed by atoms with Crippen molar-refractivity contribution in [2.75, 3.05) is 89.5 Å². The summed E-state index contributed by atoms with van der Waals surface area (Å²) in [5.74, 6) is -4.29. The molecule has 14 rings (SSSR count). The first-order valence-electron chi connectivity index (χ1n) is 42.4. The van der Waals surface area contributed by atoms with E-state index in [-0.39, 0.29) is 154 Å². The molecule has 4 aliphatic heterocycles. The maximum Gasteiger partial charge on any atom is 0.478 e. The first kappa shape index (κ1) is 112. The topological polar surface area (TPSA) is 980 Å². The van der Waals surface area contributed by atoms with Crippen molar-refractivity contribution in [2.24, 2.45) is 14.1 Å². The number of aromatic nitrogens is 8. The number of benzene rings is 6. The van der Waals surface area contributed by atoms with E-state index in [1.807, 2.05) is 0 Å². The molecule has 26 N–H and O–H groups in total. The predicted molar refractivity (Wildman–Crippen MR) is 491 cm³/mol. The van der Waals surface area contributed by atoms with E-state index < -0.39 is 245 Å². The predicted octanol–water partition coefficient (Wildman–Crippen LogP) is -6.68. The third-order valence-electron chi connectivity index (χ3n) is 22.3. The number of aliphatic hydroxyl groups is 2. The molecule has 148 heavy (non-hydrogen) atoms. The maximum absolute atomic E-state index is 14.1. The average Bonchev–Trinajstić information content (AvgIpc) is 1.12. The Labute approximate surface area is 829 Å². The number of H-pyrrole nitrogens is 2. The molecule has 4 unspecified atom stereocenters. The van der Waals surface area contributed by atoms with Crippen LogP contribution in [0, 0.1) is 0 Å². The van der Waals surface area contributed by atoms with Gasteiger partial charge in [-0.15, -0.1) is 0 Å². The van der Waals surface area contributed by atoms with Crippen LogP contribution in [0.25, 0.3) is 89.2 Å². The van der Waals surface area contributed by atoms with Crippen molar-refractivity contribution in [2.45, 2.75) is 94.3 Å². The molecular weight excluding hydrogens is 2140 g/mol. The zero-order valence-corrected chi connectivity index (χ0v) is 83.3. The number of hydrogen-bond acceptors (Lipinski definition) is 42. The molecule has 12 atom stereocenters. The number of anilines is 4. The third kappa shape index (κ3) is 25.1. The fourth-order valence-corrected chi connectivity index (χ4v) is 22.3. The van der Waals surface area contributed by atoms with Gasteiger partial charge >= 0.3 is 59.4 Å². The number of amides is 6. The number of aliphatic hydroxyl groups excluding tert-OH is 2. The van der Waals surface area contributed by atoms with E-state index in [9.17, 15) is 138 Å². The van der Waals surface area contributed by atoms with Crippen LogP contribution in [0.2, 0.25) is 0 Å². The van der Waals surface area contributed by atoms with E-state index >= 15 is 0 Å². The van der Waals surface area contributed by atoms with Gasteiger partial charge in [-0.3, -0.25) is 86.0 Å². The molecule has 796 valence electrons. The zero-order chi connectivity index (χ0) is 109. The second-order valence-corrected chi connectivity index (χ2v) is 43.5. The van der Waals surface area contributed by atoms with Crippen molar-refractivity contribution >= 4 is 175 Å². The molecule has 0 bridgehead atoms. The highest BCUT2D eigenvalue weighted by molar-refractivity contribution is 7.87. The normalized spacial score (nSPS) is 18.8. The van der Waals surface area contributed by atoms with Crippen molar-refractivity contribution in [1.82, 2.24) is 60.1 Å². The SMILES string of the molecule is CN(CCCC(=O)NCCNC(=O)O[C@@H]1[C@H](O)[C@@H](COP(=O)(O)OP(=O)([O-])O)O[C@H]1[n+]1cn(C)c2c(=O)[nH]c(N)nc21)C(=O)c1ccccc1-c1c2ccc(=[NH2+])c(S(=O)(=O)O)c-2oc2c(S(=O)(=O)[O-])c(N)ccc12.CN(CCCC(=O)NCCNC(=O)O[C@H]1[C@@H](O)[C@H]([n+]2cn(C)c3c(=O)[nH]c(N)nc32)O[C@@H]1COP(=O)(O)OP(=O)([O-])O)C(=O)c1ccccc1-c1c2ccc(=[NH2+])c(S(=O)(=O)O)c-2oc2c(S(=O)(=O)[O-])c(N)ccc12. The number of aromatic amines is 2. The monoisotopic (exact) mass is 2230 g/mol. The van der Waals surface area contributed by atoms with Crippen LogP contribution >= 0.6 is 31.3 Å². The number of phosphoric ester groups is 2. The Morgan fingerprint density at radius 3 is 1.28 bits per heavy atom. The molecule has 2 aliphatic carbocycles. The Morgan fingerprint density at radius 1 is 0.520 bits per heavy atom. The van der Waals surface area contributed by atoms with Gasteiger partial charge < -0.3 is 130 Å². The standard InChI is InChI=1S/2C39H44N10O21P2S2/c1-47(36(53)19-7-4-3-6-18(19)26-20-9-11-22(40)32(73(60,61)62)29(20)68-30-21(26)10-12-23(41)33(30)74(63,64)65)15-5-8-25(50)43-13-14-44-39(54)69-31-24(16-66-72(58,59)70-71(55,56)57)67-37(28(31)51)49-17-48(2)27-34(49)45-38(42)46-35(27)52;1-47(36(53)19-7-4-3-6-18(19)26-20-9-11-22(40)32(73(60,61)62)29(20)68-30-21(26)10-12-23(41)33(30)74(63,64)65)15-5-8-25(50)43-13-14-44-39(54)69-31-28(51)24(16-66-72(58,59)70-71(55,56)57)67-37(31)49-17-48(2)27-34(49)45-38(42)46-35(27)52/h2*3-4,6-7,9-12,17,24,28,31,37,51H,5,8,13-16H2,1-2H3,(H12-,40,41,42,43,44,45,46,50,52,54,55,56,57,58,59,60,61,62,63,64,65)/t2*24-,28-,31-,37-/m11/s1. The summed E-state index contributed by atoms with van der Waals surface area (Å²) in [6, 6.07) is 21.5. The fourth-order valence-electron chi connectivity index (χ4n) is 16.2. The average molecular weight is 2230 g/mol. The number of hydrogen-bond donors (Lipinski definition) is 20. The number of nitrogen functional groups attached to an aromatic ring is 4. The largest absolute Gasteiger partial charge is 0.756 e. The summed E-state index contributed by atoms with van der Waals surface area (Å²) in [6.45, 7) is -3.14. The van der Waals surface area contributed by atoms with Gasteiger partial charge in [0.05, 0.1) is 38.7 Å². The number of nitrogens with two attached hydrogens (primary N) is 6. The molecule has 8 heterocycles. The van der Waals surface area contributed by atoms with Gasteiger partial charge in [-0.25, -0.2) is 53.3 Å². The number of nitrogens with zero attached hydrogens (tertiary/aromatic N) is 8. The minimum atomic E-state index is -5.80. The van der Waals surface area contributed by atoms with Crippen LogP contribution in [0.1, 0.15) is 58.9 Å². The lowest BCUT2D eigenvalue weighted by Gasteiger charge is -2.23. The van der Waals surface area contributed by atoms with Crippen LogP contribution in [0.4, 0.5) is 32.9 Å². The van der Waals surface area contributed by atoms with E-state index in [0.29, 0.717) is 0 Å². The number of carbonyl (C=O) groups is 6. The Morgan fingerprint density at radius 2 is 0.892 bits per heavy atom. The van der Waals surface area contributed by atoms with Crippen molar-refractivity contribution < 1.29 is 204 Å². The van der Waals surface area contributed by atoms with Gasteiger partial charge in [0.2, 0.25) is 55.8 Å².